The van der Waals surface area contributed by atoms with Crippen molar-refractivity contribution in [2.24, 2.45) is 5.92 Å². The third-order valence-electron chi connectivity index (χ3n) is 5.43. The molecule has 0 aliphatic heterocycles. The van der Waals surface area contributed by atoms with Gasteiger partial charge in [0.05, 0.1) is 18.6 Å². The number of benzene rings is 1. The molecule has 2 aromatic heterocycles. The van der Waals surface area contributed by atoms with Gasteiger partial charge in [-0.15, -0.1) is 10.2 Å². The zero-order valence-corrected chi connectivity index (χ0v) is 17.4. The zero-order chi connectivity index (χ0) is 20.1. The summed E-state index contributed by atoms with van der Waals surface area (Å²) in [5, 5.41) is 12.7. The van der Waals surface area contributed by atoms with Crippen LogP contribution < -0.4 is 5.32 Å². The van der Waals surface area contributed by atoms with E-state index in [-0.39, 0.29) is 11.9 Å². The van der Waals surface area contributed by atoms with Gasteiger partial charge in [-0.25, -0.2) is 0 Å². The summed E-state index contributed by atoms with van der Waals surface area (Å²) >= 11 is 1.42. The Morgan fingerprint density at radius 1 is 1.17 bits per heavy atom. The van der Waals surface area contributed by atoms with E-state index in [2.05, 4.69) is 22.4 Å². The Bertz CT molecular complexity index is 924. The minimum absolute atomic E-state index is 0.0579. The largest absolute Gasteiger partial charge is 0.467 e. The minimum atomic E-state index is 0.0579. The van der Waals surface area contributed by atoms with Crippen molar-refractivity contribution in [1.29, 1.82) is 0 Å². The number of thioether (sulfide) groups is 1. The summed E-state index contributed by atoms with van der Waals surface area (Å²) in [5.41, 5.74) is 0.985. The molecule has 29 heavy (non-hydrogen) atoms. The monoisotopic (exact) mass is 410 g/mol. The van der Waals surface area contributed by atoms with Crippen LogP contribution in [0.5, 0.6) is 0 Å². The molecule has 0 saturated heterocycles. The number of amides is 1. The standard InChI is InChI=1S/C22H26N4O2S/c1-16-8-5-6-12-19(16)23-20(27)15-29-22-25-24-21(17-9-3-2-4-10-17)26(22)14-18-11-7-13-28-18/h2-4,7,9-11,13,16,19H,5-6,8,12,14-15H2,1H3,(H,23,27)/t16-,19+/m0/s1. The Kier molecular flexibility index (Phi) is 6.34. The van der Waals surface area contributed by atoms with Crippen LogP contribution in [0.2, 0.25) is 0 Å². The van der Waals surface area contributed by atoms with Crippen LogP contribution in [0.4, 0.5) is 0 Å². The highest BCUT2D eigenvalue weighted by Gasteiger charge is 2.23. The first-order valence-electron chi connectivity index (χ1n) is 10.1. The molecule has 0 unspecified atom stereocenters. The highest BCUT2D eigenvalue weighted by molar-refractivity contribution is 7.99. The van der Waals surface area contributed by atoms with Crippen molar-refractivity contribution in [2.75, 3.05) is 5.75 Å². The average Bonchev–Trinajstić information content (AvgIpc) is 3.39. The maximum atomic E-state index is 12.5. The summed E-state index contributed by atoms with van der Waals surface area (Å²) in [6.45, 7) is 2.75. The second kappa shape index (κ2) is 9.31. The van der Waals surface area contributed by atoms with Crippen LogP contribution in [0.1, 0.15) is 38.4 Å². The second-order valence-electron chi connectivity index (χ2n) is 7.56. The molecule has 1 saturated carbocycles. The molecule has 2 atom stereocenters. The topological polar surface area (TPSA) is 73.0 Å². The van der Waals surface area contributed by atoms with Gasteiger partial charge in [-0.2, -0.15) is 0 Å². The van der Waals surface area contributed by atoms with Crippen molar-refractivity contribution in [3.63, 3.8) is 0 Å². The number of carbonyl (C=O) groups excluding carboxylic acids is 1. The first kappa shape index (κ1) is 19.8. The molecular weight excluding hydrogens is 384 g/mol. The van der Waals surface area contributed by atoms with Crippen molar-refractivity contribution in [3.05, 3.63) is 54.5 Å². The van der Waals surface area contributed by atoms with E-state index in [9.17, 15) is 4.79 Å². The fraction of sp³-hybridized carbons (Fsp3) is 0.409. The highest BCUT2D eigenvalue weighted by atomic mass is 32.2. The lowest BCUT2D eigenvalue weighted by Gasteiger charge is -2.29. The number of carbonyl (C=O) groups is 1. The minimum Gasteiger partial charge on any atom is -0.467 e. The van der Waals surface area contributed by atoms with Gasteiger partial charge in [0.25, 0.3) is 0 Å². The molecule has 0 radical (unpaired) electrons. The van der Waals surface area contributed by atoms with Crippen LogP contribution in [0, 0.1) is 5.92 Å². The summed E-state index contributed by atoms with van der Waals surface area (Å²) in [6, 6.07) is 14.0. The first-order valence-corrected chi connectivity index (χ1v) is 11.1. The first-order chi connectivity index (χ1) is 14.2. The Morgan fingerprint density at radius 3 is 2.76 bits per heavy atom. The number of rotatable bonds is 7. The van der Waals surface area contributed by atoms with E-state index in [4.69, 9.17) is 4.42 Å². The molecule has 1 aliphatic carbocycles. The van der Waals surface area contributed by atoms with Crippen molar-refractivity contribution >= 4 is 17.7 Å². The van der Waals surface area contributed by atoms with Gasteiger partial charge < -0.3 is 9.73 Å². The molecule has 6 nitrogen and oxygen atoms in total. The SMILES string of the molecule is C[C@H]1CCCC[C@H]1NC(=O)CSc1nnc(-c2ccccc2)n1Cc1ccco1. The number of nitrogens with one attached hydrogen (secondary N) is 1. The molecule has 4 rings (SSSR count). The van der Waals surface area contributed by atoms with Crippen molar-refractivity contribution in [2.45, 2.75) is 50.4 Å². The van der Waals surface area contributed by atoms with Crippen LogP contribution in [-0.4, -0.2) is 32.5 Å². The zero-order valence-electron chi connectivity index (χ0n) is 16.6. The molecular formula is C22H26N4O2S. The van der Waals surface area contributed by atoms with Crippen LogP contribution in [0.15, 0.2) is 58.3 Å². The number of hydrogen-bond acceptors (Lipinski definition) is 5. The fourth-order valence-electron chi connectivity index (χ4n) is 3.81. The van der Waals surface area contributed by atoms with E-state index in [1.165, 1.54) is 31.0 Å². The van der Waals surface area contributed by atoms with Crippen molar-refractivity contribution in [3.8, 4) is 11.4 Å². The molecule has 3 aromatic rings. The van der Waals surface area contributed by atoms with E-state index >= 15 is 0 Å². The summed E-state index contributed by atoms with van der Waals surface area (Å²) in [6.07, 6.45) is 6.38. The number of hydrogen-bond donors (Lipinski definition) is 1. The van der Waals surface area contributed by atoms with Crippen LogP contribution >= 0.6 is 11.8 Å². The number of aromatic nitrogens is 3. The molecule has 0 bridgehead atoms. The predicted octanol–water partition coefficient (Wildman–Crippen LogP) is 4.37. The summed E-state index contributed by atoms with van der Waals surface area (Å²) < 4.78 is 7.53. The Labute approximate surface area is 175 Å². The normalized spacial score (nSPS) is 19.2. The van der Waals surface area contributed by atoms with Gasteiger partial charge in [0.1, 0.15) is 5.76 Å². The lowest BCUT2D eigenvalue weighted by Crippen LogP contribution is -2.41. The summed E-state index contributed by atoms with van der Waals surface area (Å²) in [4.78, 5) is 12.5. The summed E-state index contributed by atoms with van der Waals surface area (Å²) in [7, 11) is 0. The Balaban J connectivity index is 1.48. The highest BCUT2D eigenvalue weighted by Crippen LogP contribution is 2.26. The van der Waals surface area contributed by atoms with Crippen molar-refractivity contribution in [1.82, 2.24) is 20.1 Å². The molecule has 152 valence electrons. The van der Waals surface area contributed by atoms with Crippen molar-refractivity contribution < 1.29 is 9.21 Å². The fourth-order valence-corrected chi connectivity index (χ4v) is 4.56. The van der Waals surface area contributed by atoms with E-state index in [1.54, 1.807) is 6.26 Å². The molecule has 1 aromatic carbocycles. The molecule has 1 aliphatic rings. The van der Waals surface area contributed by atoms with Gasteiger partial charge in [0, 0.05) is 11.6 Å². The Hall–Kier alpha value is -2.54. The quantitative estimate of drug-likeness (QED) is 0.586. The van der Waals surface area contributed by atoms with Crippen LogP contribution in [0.3, 0.4) is 0 Å². The van der Waals surface area contributed by atoms with Gasteiger partial charge in [-0.1, -0.05) is 61.9 Å². The van der Waals surface area contributed by atoms with Gasteiger partial charge in [0.2, 0.25) is 5.91 Å². The van der Waals surface area contributed by atoms with Gasteiger partial charge in [-0.05, 0) is 30.9 Å². The molecule has 1 N–H and O–H groups in total. The van der Waals surface area contributed by atoms with Gasteiger partial charge in [0.15, 0.2) is 11.0 Å². The molecule has 1 fully saturated rings. The third kappa shape index (κ3) is 4.90. The van der Waals surface area contributed by atoms with E-state index in [0.717, 1.165) is 23.6 Å². The van der Waals surface area contributed by atoms with E-state index in [1.807, 2.05) is 47.0 Å². The van der Waals surface area contributed by atoms with E-state index < -0.39 is 0 Å². The molecule has 0 spiro atoms. The average molecular weight is 411 g/mol. The molecule has 1 amide bonds. The maximum Gasteiger partial charge on any atom is 0.230 e. The maximum absolute atomic E-state index is 12.5. The lowest BCUT2D eigenvalue weighted by atomic mass is 9.86. The second-order valence-corrected chi connectivity index (χ2v) is 8.50. The smallest absolute Gasteiger partial charge is 0.230 e. The summed E-state index contributed by atoms with van der Waals surface area (Å²) in [5.74, 6) is 2.52. The van der Waals surface area contributed by atoms with Gasteiger partial charge >= 0.3 is 0 Å². The van der Waals surface area contributed by atoms with Crippen LogP contribution in [-0.2, 0) is 11.3 Å². The molecule has 7 heteroatoms. The third-order valence-corrected chi connectivity index (χ3v) is 6.40. The van der Waals surface area contributed by atoms with E-state index in [0.29, 0.717) is 23.4 Å². The van der Waals surface area contributed by atoms with Gasteiger partial charge in [-0.3, -0.25) is 9.36 Å². The lowest BCUT2D eigenvalue weighted by molar-refractivity contribution is -0.119. The van der Waals surface area contributed by atoms with Crippen LogP contribution in [0.25, 0.3) is 11.4 Å². The predicted molar refractivity (Wildman–Crippen MR) is 114 cm³/mol. The molecule has 2 heterocycles. The Morgan fingerprint density at radius 2 is 2.00 bits per heavy atom. The number of nitrogens with zero attached hydrogens (tertiary/aromatic N) is 3. The number of furan rings is 1.